The monoisotopic (exact) mass is 386 g/mol. The molecule has 1 aliphatic heterocycles. The molecule has 0 amide bonds. The lowest BCUT2D eigenvalue weighted by Crippen LogP contribution is -2.41. The maximum absolute atomic E-state index is 13.2. The average molecular weight is 386 g/mol. The molecule has 0 saturated heterocycles. The number of aliphatic imine (C=N–C) groups is 1. The van der Waals surface area contributed by atoms with E-state index in [1.165, 1.54) is 12.1 Å². The van der Waals surface area contributed by atoms with E-state index >= 15 is 0 Å². The first-order chi connectivity index (χ1) is 13.6. The number of hydrogen-bond acceptors (Lipinski definition) is 4. The van der Waals surface area contributed by atoms with E-state index in [4.69, 9.17) is 9.47 Å². The SMILES string of the molecule is CCNC(=NCc1ccc2c(c1)OCO2)NCC(c1ccc(F)cc1)N(C)C. The molecule has 0 radical (unpaired) electrons. The standard InChI is InChI=1S/C21H27FN4O2/c1-4-23-21(24-12-15-5-10-19-20(11-15)28-14-27-19)25-13-18(26(2)3)16-6-8-17(22)9-7-16/h5-11,18H,4,12-14H2,1-3H3,(H2,23,24,25). The van der Waals surface area contributed by atoms with Gasteiger partial charge in [0.25, 0.3) is 0 Å². The third-order valence-electron chi connectivity index (χ3n) is 4.54. The van der Waals surface area contributed by atoms with E-state index in [-0.39, 0.29) is 18.7 Å². The van der Waals surface area contributed by atoms with Crippen LogP contribution in [0.25, 0.3) is 0 Å². The molecule has 2 aromatic rings. The second-order valence-electron chi connectivity index (χ2n) is 6.79. The summed E-state index contributed by atoms with van der Waals surface area (Å²) in [6.07, 6.45) is 0. The molecule has 0 aromatic heterocycles. The van der Waals surface area contributed by atoms with Crippen LogP contribution in [0.4, 0.5) is 4.39 Å². The summed E-state index contributed by atoms with van der Waals surface area (Å²) in [4.78, 5) is 6.77. The lowest BCUT2D eigenvalue weighted by atomic mass is 10.1. The molecule has 0 saturated carbocycles. The molecule has 2 N–H and O–H groups in total. The van der Waals surface area contributed by atoms with Crippen molar-refractivity contribution in [3.63, 3.8) is 0 Å². The van der Waals surface area contributed by atoms with Crippen LogP contribution in [0.1, 0.15) is 24.1 Å². The molecule has 3 rings (SSSR count). The van der Waals surface area contributed by atoms with E-state index in [9.17, 15) is 4.39 Å². The third-order valence-corrected chi connectivity index (χ3v) is 4.54. The van der Waals surface area contributed by atoms with E-state index in [0.717, 1.165) is 35.1 Å². The van der Waals surface area contributed by atoms with Crippen molar-refractivity contribution in [2.45, 2.75) is 19.5 Å². The maximum atomic E-state index is 13.2. The molecule has 0 fully saturated rings. The first kappa shape index (κ1) is 19.9. The number of benzene rings is 2. The number of ether oxygens (including phenoxy) is 2. The van der Waals surface area contributed by atoms with Crippen molar-refractivity contribution >= 4 is 5.96 Å². The average Bonchev–Trinajstić information content (AvgIpc) is 3.15. The van der Waals surface area contributed by atoms with Crippen LogP contribution in [0.2, 0.25) is 0 Å². The van der Waals surface area contributed by atoms with Crippen LogP contribution in [-0.2, 0) is 6.54 Å². The summed E-state index contributed by atoms with van der Waals surface area (Å²) in [5.41, 5.74) is 2.09. The van der Waals surface area contributed by atoms with Crippen molar-refractivity contribution in [1.29, 1.82) is 0 Å². The fourth-order valence-corrected chi connectivity index (χ4v) is 3.03. The van der Waals surface area contributed by atoms with Gasteiger partial charge < -0.3 is 25.0 Å². The smallest absolute Gasteiger partial charge is 0.231 e. The van der Waals surface area contributed by atoms with E-state index in [0.29, 0.717) is 13.1 Å². The molecule has 150 valence electrons. The number of rotatable bonds is 7. The first-order valence-corrected chi connectivity index (χ1v) is 9.39. The van der Waals surface area contributed by atoms with Gasteiger partial charge in [0.15, 0.2) is 17.5 Å². The highest BCUT2D eigenvalue weighted by molar-refractivity contribution is 5.79. The molecule has 7 heteroatoms. The van der Waals surface area contributed by atoms with Crippen LogP contribution < -0.4 is 20.1 Å². The Labute approximate surface area is 165 Å². The van der Waals surface area contributed by atoms with Gasteiger partial charge in [-0.2, -0.15) is 0 Å². The highest BCUT2D eigenvalue weighted by Gasteiger charge is 2.15. The minimum Gasteiger partial charge on any atom is -0.454 e. The van der Waals surface area contributed by atoms with E-state index < -0.39 is 0 Å². The molecule has 1 unspecified atom stereocenters. The van der Waals surface area contributed by atoms with Gasteiger partial charge in [-0.3, -0.25) is 0 Å². The van der Waals surface area contributed by atoms with E-state index in [2.05, 4.69) is 20.5 Å². The first-order valence-electron chi connectivity index (χ1n) is 9.39. The molecule has 1 atom stereocenters. The Morgan fingerprint density at radius 2 is 1.86 bits per heavy atom. The molecule has 1 aliphatic rings. The summed E-state index contributed by atoms with van der Waals surface area (Å²) in [7, 11) is 4.01. The molecular weight excluding hydrogens is 359 g/mol. The van der Waals surface area contributed by atoms with Gasteiger partial charge in [0, 0.05) is 13.1 Å². The van der Waals surface area contributed by atoms with E-state index in [1.807, 2.05) is 51.4 Å². The Morgan fingerprint density at radius 3 is 2.57 bits per heavy atom. The van der Waals surface area contributed by atoms with Crippen LogP contribution in [0, 0.1) is 5.82 Å². The lowest BCUT2D eigenvalue weighted by Gasteiger charge is -2.26. The van der Waals surface area contributed by atoms with Crippen molar-refractivity contribution in [3.05, 3.63) is 59.4 Å². The van der Waals surface area contributed by atoms with Crippen molar-refractivity contribution in [2.24, 2.45) is 4.99 Å². The quantitative estimate of drug-likeness (QED) is 0.566. The summed E-state index contributed by atoms with van der Waals surface area (Å²) < 4.78 is 24.0. The highest BCUT2D eigenvalue weighted by atomic mass is 19.1. The summed E-state index contributed by atoms with van der Waals surface area (Å²) >= 11 is 0. The Morgan fingerprint density at radius 1 is 1.11 bits per heavy atom. The van der Waals surface area contributed by atoms with Crippen LogP contribution in [0.5, 0.6) is 11.5 Å². The summed E-state index contributed by atoms with van der Waals surface area (Å²) in [6, 6.07) is 12.6. The lowest BCUT2D eigenvalue weighted by molar-refractivity contribution is 0.174. The van der Waals surface area contributed by atoms with Gasteiger partial charge in [-0.1, -0.05) is 18.2 Å². The summed E-state index contributed by atoms with van der Waals surface area (Å²) in [6.45, 7) is 4.22. The van der Waals surface area contributed by atoms with Crippen LogP contribution in [0.3, 0.4) is 0 Å². The number of likely N-dealkylation sites (N-methyl/N-ethyl adjacent to an activating group) is 1. The second-order valence-corrected chi connectivity index (χ2v) is 6.79. The number of fused-ring (bicyclic) bond motifs is 1. The van der Waals surface area contributed by atoms with Crippen molar-refractivity contribution in [3.8, 4) is 11.5 Å². The minimum absolute atomic E-state index is 0.0926. The zero-order valence-electron chi connectivity index (χ0n) is 16.5. The number of hydrogen-bond donors (Lipinski definition) is 2. The predicted molar refractivity (Wildman–Crippen MR) is 108 cm³/mol. The van der Waals surface area contributed by atoms with Gasteiger partial charge in [0.2, 0.25) is 6.79 Å². The molecule has 6 nitrogen and oxygen atoms in total. The largest absolute Gasteiger partial charge is 0.454 e. The van der Waals surface area contributed by atoms with Crippen molar-refractivity contribution in [2.75, 3.05) is 34.0 Å². The number of halogens is 1. The fourth-order valence-electron chi connectivity index (χ4n) is 3.03. The maximum Gasteiger partial charge on any atom is 0.231 e. The van der Waals surface area contributed by atoms with Gasteiger partial charge in [-0.05, 0) is 56.4 Å². The van der Waals surface area contributed by atoms with Gasteiger partial charge in [0.1, 0.15) is 5.82 Å². The summed E-state index contributed by atoms with van der Waals surface area (Å²) in [5.74, 6) is 2.03. The fraction of sp³-hybridized carbons (Fsp3) is 0.381. The van der Waals surface area contributed by atoms with Crippen molar-refractivity contribution < 1.29 is 13.9 Å². The van der Waals surface area contributed by atoms with E-state index in [1.54, 1.807) is 0 Å². The third kappa shape index (κ3) is 5.13. The normalized spacial score (nSPS) is 14.2. The Kier molecular flexibility index (Phi) is 6.71. The molecule has 0 bridgehead atoms. The minimum atomic E-state index is -0.229. The molecular formula is C21H27FN4O2. The zero-order chi connectivity index (χ0) is 19.9. The number of nitrogens with zero attached hydrogens (tertiary/aromatic N) is 2. The molecule has 2 aromatic carbocycles. The zero-order valence-corrected chi connectivity index (χ0v) is 16.5. The molecule has 28 heavy (non-hydrogen) atoms. The number of guanidine groups is 1. The van der Waals surface area contributed by atoms with Gasteiger partial charge in [-0.25, -0.2) is 9.38 Å². The molecule has 1 heterocycles. The Bertz CT molecular complexity index is 809. The topological polar surface area (TPSA) is 58.1 Å². The van der Waals surface area contributed by atoms with Gasteiger partial charge in [0.05, 0.1) is 12.6 Å². The predicted octanol–water partition coefficient (Wildman–Crippen LogP) is 2.91. The highest BCUT2D eigenvalue weighted by Crippen LogP contribution is 2.32. The Balaban J connectivity index is 1.65. The number of nitrogens with one attached hydrogen (secondary N) is 2. The van der Waals surface area contributed by atoms with Crippen LogP contribution in [-0.4, -0.2) is 44.8 Å². The van der Waals surface area contributed by atoms with Gasteiger partial charge >= 0.3 is 0 Å². The Hall–Kier alpha value is -2.80. The second kappa shape index (κ2) is 9.41. The van der Waals surface area contributed by atoms with Crippen LogP contribution in [0.15, 0.2) is 47.5 Å². The van der Waals surface area contributed by atoms with Crippen molar-refractivity contribution in [1.82, 2.24) is 15.5 Å². The summed E-state index contributed by atoms with van der Waals surface area (Å²) in [5, 5.41) is 6.65. The molecule has 0 aliphatic carbocycles. The van der Waals surface area contributed by atoms with Crippen LogP contribution >= 0.6 is 0 Å². The van der Waals surface area contributed by atoms with Gasteiger partial charge in [-0.15, -0.1) is 0 Å². The molecule has 0 spiro atoms.